The van der Waals surface area contributed by atoms with Crippen LogP contribution in [-0.2, 0) is 14.0 Å². The minimum Gasteiger partial charge on any atom is -1.00 e. The normalized spacial score (nSPS) is 11.0. The van der Waals surface area contributed by atoms with E-state index in [9.17, 15) is 30.9 Å². The molecule has 0 amide bonds. The minimum atomic E-state index is -6.00. The molecule has 0 spiro atoms. The van der Waals surface area contributed by atoms with Crippen molar-refractivity contribution >= 4 is 15.1 Å². The van der Waals surface area contributed by atoms with Gasteiger partial charge in [0.15, 0.2) is 0 Å². The smallest absolute Gasteiger partial charge is 1.00 e. The summed E-state index contributed by atoms with van der Waals surface area (Å²) in [5, 5.41) is 0. The number of hydrogen-bond acceptors (Lipinski definition) is 3. The van der Waals surface area contributed by atoms with Gasteiger partial charge in [-0.2, -0.15) is 0 Å². The summed E-state index contributed by atoms with van der Waals surface area (Å²) in [5.74, 6) is 0. The molecule has 0 saturated heterocycles. The molecular formula is H2BF6NaO4P-. The Hall–Kier alpha value is 0.755. The van der Waals surface area contributed by atoms with Crippen LogP contribution in [0.2, 0.25) is 0 Å². The molecule has 0 atom stereocenters. The van der Waals surface area contributed by atoms with Gasteiger partial charge in [0, 0.05) is 0 Å². The van der Waals surface area contributed by atoms with Gasteiger partial charge in [0.05, 0.1) is 0 Å². The van der Waals surface area contributed by atoms with E-state index in [1.165, 1.54) is 0 Å². The van der Waals surface area contributed by atoms with E-state index >= 15 is 0 Å². The van der Waals surface area contributed by atoms with Crippen LogP contribution >= 0.6 is 7.82 Å². The maximum absolute atomic E-state index is 10.4. The minimum absolute atomic E-state index is 0. The van der Waals surface area contributed by atoms with Crippen molar-refractivity contribution in [3.05, 3.63) is 0 Å². The number of halogens is 6. The Morgan fingerprint density at radius 1 is 1.15 bits per heavy atom. The van der Waals surface area contributed by atoms with Gasteiger partial charge in [-0.15, -0.1) is 0 Å². The van der Waals surface area contributed by atoms with Crippen LogP contribution in [0.3, 0.4) is 0 Å². The van der Waals surface area contributed by atoms with Crippen LogP contribution in [0.25, 0.3) is 0 Å². The van der Waals surface area contributed by atoms with Gasteiger partial charge >= 0.3 is 44.6 Å². The zero-order valence-corrected chi connectivity index (χ0v) is 8.86. The van der Waals surface area contributed by atoms with Crippen LogP contribution in [0, 0.1) is 0 Å². The van der Waals surface area contributed by atoms with Gasteiger partial charge in [0.1, 0.15) is 0 Å². The fourth-order valence-corrected chi connectivity index (χ4v) is 0.0319. The first kappa shape index (κ1) is 19.3. The van der Waals surface area contributed by atoms with Crippen LogP contribution < -0.4 is 29.6 Å². The molecule has 0 aliphatic rings. The van der Waals surface area contributed by atoms with Crippen molar-refractivity contribution in [1.29, 1.82) is 0 Å². The molecule has 0 unspecified atom stereocenters. The van der Waals surface area contributed by atoms with E-state index in [4.69, 9.17) is 4.89 Å². The summed E-state index contributed by atoms with van der Waals surface area (Å²) in [6.07, 6.45) is 0. The summed E-state index contributed by atoms with van der Waals surface area (Å²) in [5.41, 5.74) is 0. The molecule has 0 bridgehead atoms. The molecule has 0 rings (SSSR count). The molecule has 0 aromatic heterocycles. The van der Waals surface area contributed by atoms with Crippen LogP contribution in [0.15, 0.2) is 0 Å². The first-order valence-electron chi connectivity index (χ1n) is 1.93. The van der Waals surface area contributed by atoms with Crippen LogP contribution in [0.4, 0.5) is 26.3 Å². The third-order valence-electron chi connectivity index (χ3n) is 0.174. The van der Waals surface area contributed by atoms with Gasteiger partial charge in [0.25, 0.3) is 0 Å². The average molecular weight is 245 g/mol. The second-order valence-corrected chi connectivity index (χ2v) is 2.31. The molecule has 0 saturated carbocycles. The first-order chi connectivity index (χ1) is 5.12. The monoisotopic (exact) mass is 245 g/mol. The summed E-state index contributed by atoms with van der Waals surface area (Å²) < 4.78 is 73.3. The van der Waals surface area contributed by atoms with Gasteiger partial charge in [-0.1, -0.05) is 9.46 Å². The summed E-state index contributed by atoms with van der Waals surface area (Å²) in [4.78, 5) is 7.49. The maximum Gasteiger partial charge on any atom is 1.00 e. The van der Waals surface area contributed by atoms with E-state index in [1.807, 2.05) is 0 Å². The summed E-state index contributed by atoms with van der Waals surface area (Å²) >= 11 is 0. The second kappa shape index (κ2) is 8.10. The molecule has 0 aromatic carbocycles. The van der Waals surface area contributed by atoms with E-state index in [0.29, 0.717) is 0 Å². The predicted octanol–water partition coefficient (Wildman–Crippen LogP) is -0.695. The Morgan fingerprint density at radius 3 is 1.31 bits per heavy atom. The third-order valence-corrected chi connectivity index (χ3v) is 0.523. The predicted molar refractivity (Wildman–Crippen MR) is 25.5 cm³/mol. The molecule has 1 N–H and O–H groups in total. The fourth-order valence-electron chi connectivity index (χ4n) is 0.0106. The van der Waals surface area contributed by atoms with E-state index in [-0.39, 0.29) is 31.0 Å². The third kappa shape index (κ3) is 32.3. The van der Waals surface area contributed by atoms with Gasteiger partial charge in [-0.05, 0) is 9.05 Å². The van der Waals surface area contributed by atoms with E-state index in [2.05, 4.69) is 9.46 Å². The van der Waals surface area contributed by atoms with E-state index < -0.39 is 15.1 Å². The van der Waals surface area contributed by atoms with Crippen LogP contribution in [0.5, 0.6) is 0 Å². The maximum atomic E-state index is 10.4. The summed E-state index contributed by atoms with van der Waals surface area (Å²) in [6.45, 7) is 0. The summed E-state index contributed by atoms with van der Waals surface area (Å²) in [7, 11) is -11.0. The van der Waals surface area contributed by atoms with Crippen molar-refractivity contribution in [2.75, 3.05) is 0 Å². The largest absolute Gasteiger partial charge is 1.00 e. The Morgan fingerprint density at radius 2 is 1.31 bits per heavy atom. The second-order valence-electron chi connectivity index (χ2n) is 1.10. The molecule has 78 valence electrons. The van der Waals surface area contributed by atoms with Gasteiger partial charge in [-0.25, -0.2) is 4.57 Å². The molecular weight excluding hydrogens is 243 g/mol. The fraction of sp³-hybridized carbons (Fsp3) is 0. The average Bonchev–Trinajstić information content (AvgIpc) is 1.85. The van der Waals surface area contributed by atoms with Crippen molar-refractivity contribution in [1.82, 2.24) is 0 Å². The van der Waals surface area contributed by atoms with Crippen molar-refractivity contribution < 1.29 is 76.2 Å². The Labute approximate surface area is 91.5 Å². The first-order valence-corrected chi connectivity index (χ1v) is 3.42. The topological polar surface area (TPSA) is 55.8 Å². The SMILES string of the molecule is F[B-](F)(F)F.O=P(O)(OF)OF.[H-].[Na+]. The number of hydrogen-bond donors (Lipinski definition) is 1. The quantitative estimate of drug-likeness (QED) is 0.397. The molecule has 0 fully saturated rings. The van der Waals surface area contributed by atoms with E-state index in [1.54, 1.807) is 0 Å². The van der Waals surface area contributed by atoms with Crippen molar-refractivity contribution in [2.45, 2.75) is 0 Å². The molecule has 0 aliphatic heterocycles. The summed E-state index contributed by atoms with van der Waals surface area (Å²) in [6, 6.07) is 0. The standard InChI is InChI=1S/BF4.F2HO4P.Na.H/c2-1(3,4)5;1-5-7(3,4)6-2;;/h;(H,3,4);;/q-1;;+1;-1. The zero-order chi connectivity index (χ0) is 10.4. The van der Waals surface area contributed by atoms with Gasteiger partial charge in [0.2, 0.25) is 0 Å². The molecule has 0 aliphatic carbocycles. The molecule has 0 heterocycles. The molecule has 0 aromatic rings. The van der Waals surface area contributed by atoms with Crippen molar-refractivity contribution in [3.63, 3.8) is 0 Å². The Bertz CT molecular complexity index is 150. The zero-order valence-electron chi connectivity index (χ0n) is 6.96. The van der Waals surface area contributed by atoms with Crippen LogP contribution in [0.1, 0.15) is 1.43 Å². The number of rotatable bonds is 2. The molecule has 13 heavy (non-hydrogen) atoms. The molecule has 0 radical (unpaired) electrons. The van der Waals surface area contributed by atoms with E-state index in [0.717, 1.165) is 0 Å². The molecule has 4 nitrogen and oxygen atoms in total. The van der Waals surface area contributed by atoms with Crippen molar-refractivity contribution in [3.8, 4) is 0 Å². The van der Waals surface area contributed by atoms with Crippen LogP contribution in [-0.4, -0.2) is 12.1 Å². The Kier molecular flexibility index (Phi) is 12.0. The number of phosphoric acid groups is 1. The molecule has 13 heteroatoms. The van der Waals surface area contributed by atoms with Crippen molar-refractivity contribution in [2.24, 2.45) is 0 Å². The Balaban J connectivity index is -0.0000000651. The van der Waals surface area contributed by atoms with Gasteiger partial charge in [-0.3, -0.25) is 4.89 Å². The van der Waals surface area contributed by atoms with Gasteiger partial charge < -0.3 is 18.7 Å².